The lowest BCUT2D eigenvalue weighted by Crippen LogP contribution is -2.44. The number of hydrogen-bond donors (Lipinski definition) is 1. The van der Waals surface area contributed by atoms with Crippen LogP contribution < -0.4 is 5.73 Å². The second kappa shape index (κ2) is 9.25. The molecule has 7 heteroatoms. The summed E-state index contributed by atoms with van der Waals surface area (Å²) in [6, 6.07) is 8.65. The van der Waals surface area contributed by atoms with Crippen molar-refractivity contribution in [2.75, 3.05) is 18.6 Å². The molecular formula is C16H27ClN2O3S. The first-order valence-electron chi connectivity index (χ1n) is 7.47. The van der Waals surface area contributed by atoms with Crippen LogP contribution >= 0.6 is 12.4 Å². The van der Waals surface area contributed by atoms with Gasteiger partial charge in [-0.25, -0.2) is 8.42 Å². The normalized spacial score (nSPS) is 15.2. The predicted molar refractivity (Wildman–Crippen MR) is 96.3 cm³/mol. The SMILES string of the molecule is CCS(=O)(=O)CC(C)N(C)C(=O)C(C)C(N)c1ccccc1.Cl. The van der Waals surface area contributed by atoms with Gasteiger partial charge in [0.15, 0.2) is 9.84 Å². The van der Waals surface area contributed by atoms with E-state index in [4.69, 9.17) is 5.73 Å². The Labute approximate surface area is 145 Å². The smallest absolute Gasteiger partial charge is 0.227 e. The molecule has 0 heterocycles. The molecule has 0 fully saturated rings. The molecule has 3 unspecified atom stereocenters. The largest absolute Gasteiger partial charge is 0.342 e. The average molecular weight is 363 g/mol. The number of halogens is 1. The number of carbonyl (C=O) groups is 1. The maximum absolute atomic E-state index is 12.5. The lowest BCUT2D eigenvalue weighted by molar-refractivity contribution is -0.135. The fourth-order valence-electron chi connectivity index (χ4n) is 2.25. The van der Waals surface area contributed by atoms with Crippen LogP contribution in [0.3, 0.4) is 0 Å². The minimum Gasteiger partial charge on any atom is -0.342 e. The van der Waals surface area contributed by atoms with E-state index in [1.165, 1.54) is 4.90 Å². The maximum atomic E-state index is 12.5. The Hall–Kier alpha value is -1.11. The molecular weight excluding hydrogens is 336 g/mol. The van der Waals surface area contributed by atoms with Gasteiger partial charge in [-0.15, -0.1) is 12.4 Å². The van der Waals surface area contributed by atoms with E-state index in [0.29, 0.717) is 0 Å². The van der Waals surface area contributed by atoms with E-state index in [1.54, 1.807) is 27.8 Å². The number of sulfone groups is 1. The molecule has 0 radical (unpaired) electrons. The lowest BCUT2D eigenvalue weighted by atomic mass is 9.94. The van der Waals surface area contributed by atoms with E-state index in [-0.39, 0.29) is 35.9 Å². The second-order valence-electron chi connectivity index (χ2n) is 5.72. The van der Waals surface area contributed by atoms with Crippen LogP contribution in [0.4, 0.5) is 0 Å². The summed E-state index contributed by atoms with van der Waals surface area (Å²) in [6.45, 7) is 5.13. The highest BCUT2D eigenvalue weighted by Gasteiger charge is 2.28. The van der Waals surface area contributed by atoms with Crippen molar-refractivity contribution in [3.8, 4) is 0 Å². The Balaban J connectivity index is 0.00000484. The van der Waals surface area contributed by atoms with E-state index in [1.807, 2.05) is 30.3 Å². The Morgan fingerprint density at radius 1 is 1.22 bits per heavy atom. The molecule has 1 aromatic rings. The standard InChI is InChI=1S/C16H26N2O3S.ClH/c1-5-22(20,21)11-12(2)18(4)16(19)13(3)15(17)14-9-7-6-8-10-14;/h6-10,12-13,15H,5,11,17H2,1-4H3;1H. The van der Waals surface area contributed by atoms with Crippen LogP contribution in [-0.2, 0) is 14.6 Å². The van der Waals surface area contributed by atoms with Gasteiger partial charge in [0.2, 0.25) is 5.91 Å². The van der Waals surface area contributed by atoms with Crippen LogP contribution in [0.25, 0.3) is 0 Å². The van der Waals surface area contributed by atoms with Gasteiger partial charge in [-0.1, -0.05) is 44.2 Å². The molecule has 0 aliphatic rings. The zero-order chi connectivity index (χ0) is 16.9. The summed E-state index contributed by atoms with van der Waals surface area (Å²) in [5.41, 5.74) is 7.06. The molecule has 5 nitrogen and oxygen atoms in total. The molecule has 132 valence electrons. The molecule has 0 spiro atoms. The fourth-order valence-corrected chi connectivity index (χ4v) is 3.45. The highest BCUT2D eigenvalue weighted by molar-refractivity contribution is 7.91. The second-order valence-corrected chi connectivity index (χ2v) is 8.12. The number of carbonyl (C=O) groups excluding carboxylic acids is 1. The Morgan fingerprint density at radius 3 is 2.22 bits per heavy atom. The molecule has 0 aliphatic carbocycles. The van der Waals surface area contributed by atoms with Crippen LogP contribution in [0.1, 0.15) is 32.4 Å². The van der Waals surface area contributed by atoms with E-state index >= 15 is 0 Å². The number of benzene rings is 1. The highest BCUT2D eigenvalue weighted by atomic mass is 35.5. The predicted octanol–water partition coefficient (Wildman–Crippen LogP) is 2.03. The molecule has 0 aromatic heterocycles. The van der Waals surface area contributed by atoms with Crippen molar-refractivity contribution in [2.45, 2.75) is 32.9 Å². The molecule has 1 aromatic carbocycles. The third kappa shape index (κ3) is 6.12. The number of hydrogen-bond acceptors (Lipinski definition) is 4. The van der Waals surface area contributed by atoms with Gasteiger partial charge in [-0.3, -0.25) is 4.79 Å². The van der Waals surface area contributed by atoms with Gasteiger partial charge in [0.1, 0.15) is 0 Å². The molecule has 0 aliphatic heterocycles. The molecule has 23 heavy (non-hydrogen) atoms. The summed E-state index contributed by atoms with van der Waals surface area (Å²) in [5, 5.41) is 0. The van der Waals surface area contributed by atoms with Gasteiger partial charge < -0.3 is 10.6 Å². The summed E-state index contributed by atoms with van der Waals surface area (Å²) in [4.78, 5) is 14.0. The van der Waals surface area contributed by atoms with Crippen molar-refractivity contribution >= 4 is 28.2 Å². The summed E-state index contributed by atoms with van der Waals surface area (Å²) in [5.74, 6) is -0.508. The lowest BCUT2D eigenvalue weighted by Gasteiger charge is -2.30. The van der Waals surface area contributed by atoms with Gasteiger partial charge in [0.25, 0.3) is 0 Å². The van der Waals surface area contributed by atoms with E-state index in [0.717, 1.165) is 5.56 Å². The van der Waals surface area contributed by atoms with E-state index in [2.05, 4.69) is 0 Å². The Bertz CT molecular complexity index is 593. The quantitative estimate of drug-likeness (QED) is 0.804. The fraction of sp³-hybridized carbons (Fsp3) is 0.562. The molecule has 1 amide bonds. The third-order valence-corrected chi connectivity index (χ3v) is 5.93. The van der Waals surface area contributed by atoms with Crippen molar-refractivity contribution in [2.24, 2.45) is 11.7 Å². The maximum Gasteiger partial charge on any atom is 0.227 e. The van der Waals surface area contributed by atoms with Crippen LogP contribution in [0.2, 0.25) is 0 Å². The average Bonchev–Trinajstić information content (AvgIpc) is 2.52. The summed E-state index contributed by atoms with van der Waals surface area (Å²) < 4.78 is 23.4. The van der Waals surface area contributed by atoms with Gasteiger partial charge >= 0.3 is 0 Å². The molecule has 1 rings (SSSR count). The zero-order valence-corrected chi connectivity index (χ0v) is 15.7. The van der Waals surface area contributed by atoms with Crippen molar-refractivity contribution in [3.05, 3.63) is 35.9 Å². The van der Waals surface area contributed by atoms with Crippen molar-refractivity contribution in [1.82, 2.24) is 4.90 Å². The van der Waals surface area contributed by atoms with Crippen molar-refractivity contribution in [1.29, 1.82) is 0 Å². The molecule has 0 saturated carbocycles. The van der Waals surface area contributed by atoms with E-state index in [9.17, 15) is 13.2 Å². The monoisotopic (exact) mass is 362 g/mol. The first-order valence-corrected chi connectivity index (χ1v) is 9.29. The third-order valence-electron chi connectivity index (χ3n) is 4.06. The summed E-state index contributed by atoms with van der Waals surface area (Å²) in [6.07, 6.45) is 0. The summed E-state index contributed by atoms with van der Waals surface area (Å²) >= 11 is 0. The number of nitrogens with two attached hydrogens (primary N) is 1. The van der Waals surface area contributed by atoms with Crippen molar-refractivity contribution in [3.63, 3.8) is 0 Å². The first-order chi connectivity index (χ1) is 10.2. The number of nitrogens with zero attached hydrogens (tertiary/aromatic N) is 1. The van der Waals surface area contributed by atoms with Gasteiger partial charge in [0.05, 0.1) is 11.7 Å². The topological polar surface area (TPSA) is 80.5 Å². The highest BCUT2D eigenvalue weighted by Crippen LogP contribution is 2.21. The van der Waals surface area contributed by atoms with Crippen molar-refractivity contribution < 1.29 is 13.2 Å². The minimum atomic E-state index is -3.12. The van der Waals surface area contributed by atoms with Gasteiger partial charge in [0, 0.05) is 24.9 Å². The van der Waals surface area contributed by atoms with E-state index < -0.39 is 21.8 Å². The van der Waals surface area contributed by atoms with Crippen LogP contribution in [0, 0.1) is 5.92 Å². The number of amides is 1. The van der Waals surface area contributed by atoms with Gasteiger partial charge in [-0.2, -0.15) is 0 Å². The zero-order valence-electron chi connectivity index (χ0n) is 14.1. The minimum absolute atomic E-state index is 0. The molecule has 0 bridgehead atoms. The Kier molecular flexibility index (Phi) is 8.80. The number of rotatable bonds is 7. The van der Waals surface area contributed by atoms with Crippen LogP contribution in [0.5, 0.6) is 0 Å². The Morgan fingerprint density at radius 2 is 1.74 bits per heavy atom. The molecule has 3 atom stereocenters. The van der Waals surface area contributed by atoms with Crippen LogP contribution in [0.15, 0.2) is 30.3 Å². The first kappa shape index (κ1) is 21.9. The van der Waals surface area contributed by atoms with Gasteiger partial charge in [-0.05, 0) is 12.5 Å². The molecule has 0 saturated heterocycles. The summed E-state index contributed by atoms with van der Waals surface area (Å²) in [7, 11) is -1.49. The molecule has 2 N–H and O–H groups in total. The van der Waals surface area contributed by atoms with Crippen LogP contribution in [-0.4, -0.2) is 43.8 Å².